The van der Waals surface area contributed by atoms with E-state index in [-0.39, 0.29) is 0 Å². The number of benzene rings is 2. The zero-order valence-electron chi connectivity index (χ0n) is 36.6. The summed E-state index contributed by atoms with van der Waals surface area (Å²) >= 11 is 3.44. The fraction of sp³-hybridized carbons (Fsp3) is 0.520. The normalized spacial score (nSPS) is 22.1. The van der Waals surface area contributed by atoms with Gasteiger partial charge in [-0.05, 0) is 108 Å². The van der Waals surface area contributed by atoms with Crippen molar-refractivity contribution in [3.05, 3.63) is 84.1 Å². The summed E-state index contributed by atoms with van der Waals surface area (Å²) in [7, 11) is 2.26. The molecular formula is C50H64N10S2. The van der Waals surface area contributed by atoms with E-state index in [0.717, 1.165) is 78.6 Å². The van der Waals surface area contributed by atoms with Gasteiger partial charge in [0.25, 0.3) is 0 Å². The number of nitrogens with zero attached hydrogens (tertiary/aromatic N) is 9. The SMILES string of the molecule is CN1CCCC1CCNCC1CN(c2ncnc3scc(-c4ccccc4)c23)C1.c1ccc(-c2csc3ncnc(N4CCC(CN5CCC(N6CCCCC6)C5)CC4)c23)cc1. The first-order valence-corrected chi connectivity index (χ1v) is 25.3. The lowest BCUT2D eigenvalue weighted by Gasteiger charge is -2.40. The standard InChI is InChI=1S/C27H35N5S.C23H29N5S/c1-3-7-22(8-4-1)24-19-33-27-25(24)26(28-20-29-27)32-15-9-21(10-16-32)17-30-14-11-23(18-30)31-12-5-2-6-13-31;1-27-11-5-8-19(27)9-10-24-12-17-13-28(14-17)22-21-20(18-6-3-2-4-7-18)15-29-23(21)26-16-25-22/h1,3-4,7-8,19-21,23H,2,5-6,9-18H2;2-4,6-7,15-17,19,24H,5,8-14H2,1H3. The summed E-state index contributed by atoms with van der Waals surface area (Å²) < 4.78 is 0. The van der Waals surface area contributed by atoms with Crippen LogP contribution in [0.2, 0.25) is 0 Å². The molecule has 6 aromatic rings. The number of rotatable bonds is 12. The van der Waals surface area contributed by atoms with E-state index >= 15 is 0 Å². The molecule has 5 aliphatic heterocycles. The van der Waals surface area contributed by atoms with Crippen molar-refractivity contribution < 1.29 is 0 Å². The second-order valence-electron chi connectivity index (χ2n) is 18.6. The van der Waals surface area contributed by atoms with Crippen LogP contribution in [0, 0.1) is 11.8 Å². The third-order valence-corrected chi connectivity index (χ3v) is 16.2. The van der Waals surface area contributed by atoms with E-state index in [0.29, 0.717) is 5.92 Å². The van der Waals surface area contributed by atoms with Gasteiger partial charge in [0, 0.05) is 85.7 Å². The maximum absolute atomic E-state index is 4.78. The maximum Gasteiger partial charge on any atom is 0.141 e. The molecule has 1 N–H and O–H groups in total. The Hall–Kier alpha value is -4.04. The number of thiophene rings is 2. The van der Waals surface area contributed by atoms with E-state index in [4.69, 9.17) is 4.98 Å². The van der Waals surface area contributed by atoms with Crippen LogP contribution in [0.4, 0.5) is 11.6 Å². The number of nitrogens with one attached hydrogen (secondary N) is 1. The molecule has 11 rings (SSSR count). The molecule has 5 fully saturated rings. The van der Waals surface area contributed by atoms with Crippen molar-refractivity contribution >= 4 is 54.7 Å². The van der Waals surface area contributed by atoms with Crippen molar-refractivity contribution in [1.82, 2.24) is 40.0 Å². The molecule has 9 heterocycles. The van der Waals surface area contributed by atoms with E-state index in [1.165, 1.54) is 130 Å². The van der Waals surface area contributed by atoms with Crippen LogP contribution in [0.1, 0.15) is 57.8 Å². The summed E-state index contributed by atoms with van der Waals surface area (Å²) in [5, 5.41) is 10.6. The minimum atomic E-state index is 0.708. The number of aromatic nitrogens is 4. The summed E-state index contributed by atoms with van der Waals surface area (Å²) in [5.41, 5.74) is 5.02. The van der Waals surface area contributed by atoms with Crippen molar-refractivity contribution in [1.29, 1.82) is 0 Å². The van der Waals surface area contributed by atoms with Gasteiger partial charge in [-0.15, -0.1) is 22.7 Å². The highest BCUT2D eigenvalue weighted by atomic mass is 32.1. The maximum atomic E-state index is 4.78. The summed E-state index contributed by atoms with van der Waals surface area (Å²) in [5.74, 6) is 3.75. The van der Waals surface area contributed by atoms with Gasteiger partial charge in [-0.2, -0.15) is 0 Å². The molecule has 0 radical (unpaired) electrons. The van der Waals surface area contributed by atoms with Gasteiger partial charge in [0.1, 0.15) is 34.0 Å². The number of fused-ring (bicyclic) bond motifs is 2. The molecule has 12 heteroatoms. The Balaban J connectivity index is 0.000000149. The molecular weight excluding hydrogens is 805 g/mol. The van der Waals surface area contributed by atoms with Crippen LogP contribution in [-0.2, 0) is 0 Å². The lowest BCUT2D eigenvalue weighted by atomic mass is 9.96. The van der Waals surface area contributed by atoms with Crippen LogP contribution in [-0.4, -0.2) is 132 Å². The first kappa shape index (κ1) is 41.9. The molecule has 2 aromatic carbocycles. The lowest BCUT2D eigenvalue weighted by molar-refractivity contribution is 0.156. The van der Waals surface area contributed by atoms with Gasteiger partial charge in [0.05, 0.1) is 10.8 Å². The zero-order chi connectivity index (χ0) is 41.7. The van der Waals surface area contributed by atoms with Crippen LogP contribution >= 0.6 is 22.7 Å². The predicted molar refractivity (Wildman–Crippen MR) is 260 cm³/mol. The molecule has 5 aliphatic rings. The molecule has 0 aliphatic carbocycles. The number of likely N-dealkylation sites (tertiary alicyclic amines) is 3. The van der Waals surface area contributed by atoms with E-state index in [1.54, 1.807) is 35.3 Å². The van der Waals surface area contributed by atoms with Crippen LogP contribution in [0.5, 0.6) is 0 Å². The second-order valence-corrected chi connectivity index (χ2v) is 20.3. The van der Waals surface area contributed by atoms with Gasteiger partial charge < -0.3 is 24.9 Å². The summed E-state index contributed by atoms with van der Waals surface area (Å²) in [6.45, 7) is 14.4. The third-order valence-electron chi connectivity index (χ3n) is 14.5. The van der Waals surface area contributed by atoms with Crippen molar-refractivity contribution in [3.63, 3.8) is 0 Å². The molecule has 4 aromatic heterocycles. The highest BCUT2D eigenvalue weighted by Crippen LogP contribution is 2.41. The molecule has 5 saturated heterocycles. The molecule has 10 nitrogen and oxygen atoms in total. The van der Waals surface area contributed by atoms with Crippen LogP contribution in [0.15, 0.2) is 84.1 Å². The van der Waals surface area contributed by atoms with E-state index < -0.39 is 0 Å². The number of anilines is 2. The summed E-state index contributed by atoms with van der Waals surface area (Å²) in [6, 6.07) is 22.9. The van der Waals surface area contributed by atoms with Gasteiger partial charge in [-0.3, -0.25) is 4.90 Å². The molecule has 0 bridgehead atoms. The Morgan fingerprint density at radius 1 is 0.613 bits per heavy atom. The summed E-state index contributed by atoms with van der Waals surface area (Å²) in [4.78, 5) is 33.7. The Labute approximate surface area is 376 Å². The van der Waals surface area contributed by atoms with Gasteiger partial charge in [0.15, 0.2) is 0 Å². The van der Waals surface area contributed by atoms with Gasteiger partial charge in [-0.1, -0.05) is 67.1 Å². The van der Waals surface area contributed by atoms with Crippen LogP contribution in [0.25, 0.3) is 42.7 Å². The second kappa shape index (κ2) is 19.8. The fourth-order valence-corrected chi connectivity index (χ4v) is 12.7. The average molecular weight is 869 g/mol. The Kier molecular flexibility index (Phi) is 13.4. The van der Waals surface area contributed by atoms with Crippen LogP contribution in [0.3, 0.4) is 0 Å². The van der Waals surface area contributed by atoms with Crippen molar-refractivity contribution in [3.8, 4) is 22.3 Å². The molecule has 0 saturated carbocycles. The Morgan fingerprint density at radius 2 is 1.24 bits per heavy atom. The highest BCUT2D eigenvalue weighted by molar-refractivity contribution is 7.17. The van der Waals surface area contributed by atoms with E-state index in [9.17, 15) is 0 Å². The van der Waals surface area contributed by atoms with Crippen molar-refractivity contribution in [2.75, 3.05) is 95.4 Å². The smallest absolute Gasteiger partial charge is 0.141 e. The first-order valence-electron chi connectivity index (χ1n) is 23.6. The topological polar surface area (TPSA) is 79.8 Å². The quantitative estimate of drug-likeness (QED) is 0.121. The van der Waals surface area contributed by atoms with Crippen molar-refractivity contribution in [2.45, 2.75) is 69.9 Å². The Morgan fingerprint density at radius 3 is 1.85 bits per heavy atom. The minimum Gasteiger partial charge on any atom is -0.356 e. The predicted octanol–water partition coefficient (Wildman–Crippen LogP) is 9.00. The van der Waals surface area contributed by atoms with E-state index in [2.05, 4.69) is 123 Å². The lowest BCUT2D eigenvalue weighted by Crippen LogP contribution is -2.51. The van der Waals surface area contributed by atoms with Crippen LogP contribution < -0.4 is 15.1 Å². The highest BCUT2D eigenvalue weighted by Gasteiger charge is 2.32. The fourth-order valence-electron chi connectivity index (χ4n) is 10.9. The molecule has 2 unspecified atom stereocenters. The van der Waals surface area contributed by atoms with Gasteiger partial charge in [-0.25, -0.2) is 19.9 Å². The monoisotopic (exact) mass is 868 g/mol. The average Bonchev–Trinajstić information content (AvgIpc) is 4.15. The molecule has 2 atom stereocenters. The number of hydrogen-bond donors (Lipinski definition) is 1. The molecule has 0 amide bonds. The van der Waals surface area contributed by atoms with Gasteiger partial charge in [0.2, 0.25) is 0 Å². The van der Waals surface area contributed by atoms with Crippen molar-refractivity contribution in [2.24, 2.45) is 11.8 Å². The molecule has 326 valence electrons. The molecule has 0 spiro atoms. The zero-order valence-corrected chi connectivity index (χ0v) is 38.2. The van der Waals surface area contributed by atoms with E-state index in [1.807, 2.05) is 0 Å². The largest absolute Gasteiger partial charge is 0.356 e. The third kappa shape index (κ3) is 9.42. The Bertz CT molecular complexity index is 2330. The summed E-state index contributed by atoms with van der Waals surface area (Å²) in [6.07, 6.45) is 15.6. The molecule has 62 heavy (non-hydrogen) atoms. The number of hydrogen-bond acceptors (Lipinski definition) is 12. The minimum absolute atomic E-state index is 0.708. The van der Waals surface area contributed by atoms with Gasteiger partial charge >= 0.3 is 0 Å². The first-order chi connectivity index (χ1) is 30.6. The number of piperidine rings is 2.